The normalized spacial score (nSPS) is 27.0. The van der Waals surface area contributed by atoms with Gasteiger partial charge in [-0.2, -0.15) is 0 Å². The second kappa shape index (κ2) is 42.3. The molecule has 0 radical (unpaired) electrons. The van der Waals surface area contributed by atoms with E-state index in [1.54, 1.807) is 61.3 Å². The zero-order chi connectivity index (χ0) is 91.8. The predicted octanol–water partition coefficient (Wildman–Crippen LogP) is 5.73. The number of aryl methyl sites for hydroxylation is 1. The molecule has 126 heavy (non-hydrogen) atoms. The topological polar surface area (TPSA) is 528 Å². The number of aliphatic hydroxyl groups is 10. The first kappa shape index (κ1) is 99.3. The molecule has 10 aromatic rings. The lowest BCUT2D eigenvalue weighted by molar-refractivity contribution is -0.0353. The van der Waals surface area contributed by atoms with Gasteiger partial charge >= 0.3 is 0 Å². The minimum atomic E-state index is -1.23. The maximum Gasteiger partial charge on any atom is 0.167 e. The number of nitrogens with zero attached hydrogens (tertiary/aromatic N) is 19. The van der Waals surface area contributed by atoms with E-state index in [4.69, 9.17) is 29.4 Å². The number of fused-ring (bicyclic) bond motifs is 5. The molecule has 20 atom stereocenters. The first-order valence-corrected chi connectivity index (χ1v) is 57.9. The maximum atomic E-state index is 10.5. The number of nitrogen functional groups attached to an aromatic ring is 1. The standard InChI is InChI=1S/C18H30N5O3P.C17H28N5O3P.C16H26N5O3P.C16H25N4O3P.C15H24N5O3P/c1-5-6-8-19-16-13-17(21-10-20-16)23(11-22-13)18-15(25)14(24)12(26-18)7-9-27(2,3)4;1-5-7-18-15-12-16(20-9-19-15)22(10-21-12)17-14(24)13(23)11(25-17)6-8-26(2,3)4;1-5-17-14-11-15(19-8-18-14)21(9-20-11)16-13(23)12(22)10(24-16)6-7-25(2,3)4;1-17-10-5-7-18-15-12(10)19-9-20(15)16-14(22)13(21)11(23-16)6-8-24(2,3)4;1-8-18-13(16)10-14(19-8)20(7-17-10)15-12(22)11(21)9(23-15)5-6-24(2,3)4/h10-12,14-15,18,24-25H,2,5-9H2,1,3-4H3,(H,19,20,21);9-11,13-14,17,23-24H,2,5-8H2,1,3-4H3,(H,18,19,20);8-10,12-13,16,22-23H,2,5-7H2,1,3-4H3,(H,17,18,19);5,7,9,11,13-14,16,21-22H,2,6,8H2,1,3-4H3,(H,17,18);7,9,11-12,15,21-22H,2,5-6H2,1,3-4H3,(H2,16,18,19)/t12-,14-,15-,18?;11-,13-,14-,17?;10-,12-,13-,16?;11-,13-,14-,16?;9-,11-,12-,15?/m11111/s1. The van der Waals surface area contributed by atoms with Crippen LogP contribution in [0.15, 0.2) is 62.9 Å². The van der Waals surface area contributed by atoms with Crippen LogP contribution in [0.5, 0.6) is 0 Å². The quantitative estimate of drug-likeness (QED) is 0.0189. The number of anilines is 5. The van der Waals surface area contributed by atoms with Crippen LogP contribution in [0.3, 0.4) is 0 Å². The first-order chi connectivity index (χ1) is 59.4. The largest absolute Gasteiger partial charge is 0.388 e. The molecule has 0 bridgehead atoms. The van der Waals surface area contributed by atoms with Crippen LogP contribution >= 0.6 is 34.4 Å². The molecule has 15 heterocycles. The molecular weight excluding hydrogens is 1720 g/mol. The van der Waals surface area contributed by atoms with Crippen molar-refractivity contribution in [3.63, 3.8) is 0 Å². The molecule has 10 aromatic heterocycles. The molecule has 15 rings (SSSR count). The Hall–Kier alpha value is -7.28. The monoisotopic (exact) mass is 1850 g/mol. The molecule has 5 aliphatic heterocycles. The molecule has 16 N–H and O–H groups in total. The molecule has 0 saturated carbocycles. The van der Waals surface area contributed by atoms with Gasteiger partial charge in [0.1, 0.15) is 96.9 Å². The fraction of sp³-hybridized carbons (Fsp3) is 0.622. The molecule has 0 spiro atoms. The summed E-state index contributed by atoms with van der Waals surface area (Å²) in [6, 6.07) is 1.84. The van der Waals surface area contributed by atoms with Gasteiger partial charge in [0, 0.05) is 32.9 Å². The van der Waals surface area contributed by atoms with Crippen molar-refractivity contribution in [1.29, 1.82) is 0 Å². The lowest BCUT2D eigenvalue weighted by Gasteiger charge is -2.18. The van der Waals surface area contributed by atoms with E-state index in [9.17, 15) is 51.1 Å². The Morgan fingerprint density at radius 1 is 0.365 bits per heavy atom. The minimum absolute atomic E-state index is 0.282. The molecular formula is C82H133N24O15P5. The van der Waals surface area contributed by atoms with Gasteiger partial charge in [-0.3, -0.25) is 22.8 Å². The molecule has 5 unspecified atom stereocenters. The highest BCUT2D eigenvalue weighted by molar-refractivity contribution is 7.73. The number of imidazole rings is 5. The molecule has 0 aromatic carbocycles. The van der Waals surface area contributed by atoms with Gasteiger partial charge in [-0.15, -0.1) is 65.9 Å². The van der Waals surface area contributed by atoms with E-state index in [2.05, 4.69) is 203 Å². The third-order valence-electron chi connectivity index (χ3n) is 22.2. The fourth-order valence-electron chi connectivity index (χ4n) is 15.2. The lowest BCUT2D eigenvalue weighted by Crippen LogP contribution is -2.31. The Kier molecular flexibility index (Phi) is 33.3. The number of nitrogens with one attached hydrogen (secondary N) is 4. The van der Waals surface area contributed by atoms with Gasteiger partial charge in [0.15, 0.2) is 99.2 Å². The predicted molar refractivity (Wildman–Crippen MR) is 510 cm³/mol. The van der Waals surface area contributed by atoms with Gasteiger partial charge in [0.2, 0.25) is 0 Å². The van der Waals surface area contributed by atoms with Crippen LogP contribution in [0.1, 0.15) is 109 Å². The van der Waals surface area contributed by atoms with Crippen molar-refractivity contribution in [2.24, 2.45) is 0 Å². The van der Waals surface area contributed by atoms with Crippen LogP contribution in [0.25, 0.3) is 55.8 Å². The van der Waals surface area contributed by atoms with Crippen molar-refractivity contribution in [1.82, 2.24) is 92.6 Å². The van der Waals surface area contributed by atoms with Crippen molar-refractivity contribution >= 4 is 151 Å². The third-order valence-corrected chi connectivity index (χ3v) is 29.6. The summed E-state index contributed by atoms with van der Waals surface area (Å²) in [6.45, 7) is 25.6. The van der Waals surface area contributed by atoms with Gasteiger partial charge in [0.05, 0.1) is 67.8 Å². The van der Waals surface area contributed by atoms with Gasteiger partial charge in [-0.25, -0.2) is 69.8 Å². The number of unbranched alkanes of at least 4 members (excludes halogenated alkanes) is 1. The molecule has 5 aliphatic rings. The van der Waals surface area contributed by atoms with Gasteiger partial charge < -0.3 is 102 Å². The number of hydrogen-bond acceptors (Lipinski definition) is 34. The van der Waals surface area contributed by atoms with E-state index in [1.165, 1.54) is 25.3 Å². The first-order valence-electron chi connectivity index (χ1n) is 42.6. The van der Waals surface area contributed by atoms with Gasteiger partial charge in [-0.1, -0.05) is 20.3 Å². The summed E-state index contributed by atoms with van der Waals surface area (Å²) in [5.41, 5.74) is 12.6. The lowest BCUT2D eigenvalue weighted by atomic mass is 10.1. The fourth-order valence-corrected chi connectivity index (χ4v) is 20.0. The molecule has 0 amide bonds. The van der Waals surface area contributed by atoms with Crippen molar-refractivity contribution in [2.75, 3.05) is 151 Å². The highest BCUT2D eigenvalue weighted by Crippen LogP contribution is 2.46. The van der Waals surface area contributed by atoms with E-state index in [0.717, 1.165) is 68.8 Å². The summed E-state index contributed by atoms with van der Waals surface area (Å²) < 4.78 is 38.2. The number of rotatable bonds is 30. The SMILES string of the molecule is C=P(C)(C)CC[C@H]1OC(n2cnc3c(N)nc(C)nc32)[C@H](O)[C@@H]1O.C=P(C)(C)CC[C@H]1OC(n2cnc3c(NC)ccnc32)[C@H](O)[C@@H]1O.C=P(C)(C)CC[C@H]1OC(n2cnc3c(NCC)ncnc32)[C@H](O)[C@@H]1O.C=P(C)(C)CC[C@H]1OC(n2cnc3c(NCCC)ncnc32)[C@H](O)[C@@H]1O.C=P(C)(C)CC[C@H]1OC(n2cnc3c(NCCCC)ncnc32)[C@H](O)[C@@H]1O. The summed E-state index contributed by atoms with van der Waals surface area (Å²) in [5.74, 6) is 2.75. The van der Waals surface area contributed by atoms with E-state index in [0.29, 0.717) is 118 Å². The van der Waals surface area contributed by atoms with Gasteiger partial charge in [-0.05, 0) is 162 Å². The molecule has 0 aliphatic carbocycles. The smallest absolute Gasteiger partial charge is 0.167 e. The number of hydrogen-bond donors (Lipinski definition) is 15. The van der Waals surface area contributed by atoms with Crippen LogP contribution in [0.4, 0.5) is 29.0 Å². The molecule has 5 saturated heterocycles. The minimum Gasteiger partial charge on any atom is -0.388 e. The van der Waals surface area contributed by atoms with Crippen LogP contribution in [-0.4, -0.2) is 391 Å². The Bertz CT molecular complexity index is 5530. The Labute approximate surface area is 735 Å². The summed E-state index contributed by atoms with van der Waals surface area (Å²) in [4.78, 5) is 60.1. The van der Waals surface area contributed by atoms with E-state index < -0.39 is 157 Å². The molecule has 44 heteroatoms. The van der Waals surface area contributed by atoms with Crippen molar-refractivity contribution in [3.05, 3.63) is 68.7 Å². The summed E-state index contributed by atoms with van der Waals surface area (Å²) in [6.07, 6.45) is 30.1. The number of pyridine rings is 1. The molecule has 39 nitrogen and oxygen atoms in total. The van der Waals surface area contributed by atoms with E-state index in [1.807, 2.05) is 20.0 Å². The number of aromatic nitrogens is 19. The van der Waals surface area contributed by atoms with Gasteiger partial charge in [0.25, 0.3) is 0 Å². The third kappa shape index (κ3) is 24.3. The van der Waals surface area contributed by atoms with E-state index >= 15 is 0 Å². The van der Waals surface area contributed by atoms with Crippen molar-refractivity contribution < 1.29 is 74.7 Å². The van der Waals surface area contributed by atoms with Crippen LogP contribution < -0.4 is 27.0 Å². The highest BCUT2D eigenvalue weighted by Gasteiger charge is 2.49. The Morgan fingerprint density at radius 2 is 0.659 bits per heavy atom. The van der Waals surface area contributed by atoms with Crippen LogP contribution in [0.2, 0.25) is 0 Å². The molecule has 696 valence electrons. The average Bonchev–Trinajstić information content (AvgIpc) is 1.71. The molecule has 5 fully saturated rings. The summed E-state index contributed by atoms with van der Waals surface area (Å²) >= 11 is 0. The second-order valence-electron chi connectivity index (χ2n) is 36.3. The Balaban J connectivity index is 0.000000153. The summed E-state index contributed by atoms with van der Waals surface area (Å²) in [5, 5.41) is 117. The zero-order valence-corrected chi connectivity index (χ0v) is 79.5. The van der Waals surface area contributed by atoms with Crippen molar-refractivity contribution in [2.45, 2.75) is 202 Å². The maximum absolute atomic E-state index is 10.5. The zero-order valence-electron chi connectivity index (χ0n) is 75.0. The highest BCUT2D eigenvalue weighted by atomic mass is 31.2. The van der Waals surface area contributed by atoms with Crippen LogP contribution in [-0.2, 0) is 23.7 Å². The Morgan fingerprint density at radius 3 is 0.960 bits per heavy atom. The number of ether oxygens (including phenoxy) is 5. The van der Waals surface area contributed by atoms with Crippen molar-refractivity contribution in [3.8, 4) is 0 Å². The second-order valence-corrected chi connectivity index (χ2v) is 57.9. The average molecular weight is 1850 g/mol. The number of nitrogens with two attached hydrogens (primary N) is 1. The number of aliphatic hydroxyl groups excluding tert-OH is 10. The van der Waals surface area contributed by atoms with E-state index in [-0.39, 0.29) is 5.82 Å². The van der Waals surface area contributed by atoms with Crippen LogP contribution in [0, 0.1) is 6.92 Å². The summed E-state index contributed by atoms with van der Waals surface area (Å²) in [7, 11) is 1.82.